The van der Waals surface area contributed by atoms with E-state index in [1.54, 1.807) is 12.4 Å². The zero-order valence-electron chi connectivity index (χ0n) is 9.00. The van der Waals surface area contributed by atoms with Gasteiger partial charge in [-0.1, -0.05) is 13.3 Å². The molecule has 1 N–H and O–H groups in total. The van der Waals surface area contributed by atoms with Crippen LogP contribution in [0.1, 0.15) is 19.8 Å². The molecule has 0 radical (unpaired) electrons. The van der Waals surface area contributed by atoms with E-state index in [-0.39, 0.29) is 0 Å². The molecule has 1 rings (SSSR count). The molecule has 1 aromatic rings. The first kappa shape index (κ1) is 12.5. The Morgan fingerprint density at radius 1 is 1.47 bits per heavy atom. The number of hydrogen-bond donors (Lipinski definition) is 1. The number of pyridine rings is 1. The van der Waals surface area contributed by atoms with Gasteiger partial charge in [-0.15, -0.1) is 0 Å². The zero-order valence-corrected chi connectivity index (χ0v) is 10.6. The highest BCUT2D eigenvalue weighted by Gasteiger charge is 1.96. The normalized spacial score (nSPS) is 10.3. The minimum Gasteiger partial charge on any atom is -0.382 e. The van der Waals surface area contributed by atoms with Crippen molar-refractivity contribution in [1.82, 2.24) is 4.98 Å². The van der Waals surface area contributed by atoms with E-state index in [0.717, 1.165) is 36.3 Å². The Morgan fingerprint density at radius 2 is 2.33 bits per heavy atom. The topological polar surface area (TPSA) is 34.1 Å². The van der Waals surface area contributed by atoms with Crippen LogP contribution in [0.2, 0.25) is 0 Å². The molecule has 3 nitrogen and oxygen atoms in total. The van der Waals surface area contributed by atoms with E-state index in [4.69, 9.17) is 4.74 Å². The SMILES string of the molecule is CCCCOCCNc1ccncc1Br. The molecule has 0 saturated carbocycles. The van der Waals surface area contributed by atoms with Crippen molar-refractivity contribution in [3.63, 3.8) is 0 Å². The predicted molar refractivity (Wildman–Crippen MR) is 66.2 cm³/mol. The van der Waals surface area contributed by atoms with E-state index in [0.29, 0.717) is 0 Å². The lowest BCUT2D eigenvalue weighted by molar-refractivity contribution is 0.141. The van der Waals surface area contributed by atoms with Crippen molar-refractivity contribution in [2.45, 2.75) is 19.8 Å². The number of rotatable bonds is 7. The summed E-state index contributed by atoms with van der Waals surface area (Å²) in [6, 6.07) is 1.94. The third-order valence-corrected chi connectivity index (χ3v) is 2.61. The van der Waals surface area contributed by atoms with Gasteiger partial charge in [0.15, 0.2) is 0 Å². The number of unbranched alkanes of at least 4 members (excludes halogenated alkanes) is 1. The number of hydrogen-bond acceptors (Lipinski definition) is 3. The monoisotopic (exact) mass is 272 g/mol. The molecule has 0 fully saturated rings. The Morgan fingerprint density at radius 3 is 3.07 bits per heavy atom. The second kappa shape index (κ2) is 7.65. The summed E-state index contributed by atoms with van der Waals surface area (Å²) in [5, 5.41) is 3.28. The summed E-state index contributed by atoms with van der Waals surface area (Å²) in [6.07, 6.45) is 5.87. The number of aromatic nitrogens is 1. The van der Waals surface area contributed by atoms with Crippen LogP contribution in [0.3, 0.4) is 0 Å². The summed E-state index contributed by atoms with van der Waals surface area (Å²) in [5.74, 6) is 0. The lowest BCUT2D eigenvalue weighted by atomic mass is 10.4. The Balaban J connectivity index is 2.12. The fraction of sp³-hybridized carbons (Fsp3) is 0.545. The van der Waals surface area contributed by atoms with Crippen LogP contribution in [-0.4, -0.2) is 24.7 Å². The lowest BCUT2D eigenvalue weighted by Crippen LogP contribution is -2.10. The first-order valence-electron chi connectivity index (χ1n) is 5.25. The largest absolute Gasteiger partial charge is 0.382 e. The highest BCUT2D eigenvalue weighted by Crippen LogP contribution is 2.19. The van der Waals surface area contributed by atoms with E-state index in [2.05, 4.69) is 33.2 Å². The summed E-state index contributed by atoms with van der Waals surface area (Å²) >= 11 is 3.42. The average molecular weight is 273 g/mol. The van der Waals surface area contributed by atoms with Gasteiger partial charge in [0, 0.05) is 25.5 Å². The van der Waals surface area contributed by atoms with Crippen molar-refractivity contribution in [2.75, 3.05) is 25.1 Å². The van der Waals surface area contributed by atoms with Gasteiger partial charge in [-0.05, 0) is 28.4 Å². The van der Waals surface area contributed by atoms with Crippen LogP contribution < -0.4 is 5.32 Å². The summed E-state index contributed by atoms with van der Waals surface area (Å²) in [7, 11) is 0. The number of anilines is 1. The number of nitrogens with zero attached hydrogens (tertiary/aromatic N) is 1. The lowest BCUT2D eigenvalue weighted by Gasteiger charge is -2.08. The maximum absolute atomic E-state index is 5.44. The highest BCUT2D eigenvalue weighted by molar-refractivity contribution is 9.10. The molecule has 0 spiro atoms. The van der Waals surface area contributed by atoms with Crippen LogP contribution in [0.4, 0.5) is 5.69 Å². The van der Waals surface area contributed by atoms with E-state index in [9.17, 15) is 0 Å². The molecule has 15 heavy (non-hydrogen) atoms. The van der Waals surface area contributed by atoms with Crippen LogP contribution in [0.25, 0.3) is 0 Å². The van der Waals surface area contributed by atoms with E-state index >= 15 is 0 Å². The van der Waals surface area contributed by atoms with Gasteiger partial charge >= 0.3 is 0 Å². The Labute approximate surface area is 99.4 Å². The average Bonchev–Trinajstić information content (AvgIpc) is 2.25. The number of halogens is 1. The molecule has 0 atom stereocenters. The highest BCUT2D eigenvalue weighted by atomic mass is 79.9. The predicted octanol–water partition coefficient (Wildman–Crippen LogP) is 3.07. The first-order valence-corrected chi connectivity index (χ1v) is 6.05. The van der Waals surface area contributed by atoms with Gasteiger partial charge in [-0.2, -0.15) is 0 Å². The number of ether oxygens (including phenoxy) is 1. The minimum atomic E-state index is 0.745. The van der Waals surface area contributed by atoms with Crippen molar-refractivity contribution in [3.8, 4) is 0 Å². The first-order chi connectivity index (χ1) is 7.34. The number of nitrogens with one attached hydrogen (secondary N) is 1. The van der Waals surface area contributed by atoms with Gasteiger partial charge in [0.2, 0.25) is 0 Å². The molecule has 0 bridgehead atoms. The molecule has 1 aromatic heterocycles. The van der Waals surface area contributed by atoms with Crippen molar-refractivity contribution in [2.24, 2.45) is 0 Å². The second-order valence-electron chi connectivity index (χ2n) is 3.25. The maximum atomic E-state index is 5.44. The summed E-state index contributed by atoms with van der Waals surface area (Å²) in [4.78, 5) is 4.00. The maximum Gasteiger partial charge on any atom is 0.0639 e. The Hall–Kier alpha value is -0.610. The summed E-state index contributed by atoms with van der Waals surface area (Å²) in [6.45, 7) is 4.59. The second-order valence-corrected chi connectivity index (χ2v) is 4.10. The zero-order chi connectivity index (χ0) is 10.9. The smallest absolute Gasteiger partial charge is 0.0639 e. The third kappa shape index (κ3) is 5.14. The molecule has 1 heterocycles. The van der Waals surface area contributed by atoms with Crippen molar-refractivity contribution < 1.29 is 4.74 Å². The third-order valence-electron chi connectivity index (χ3n) is 1.98. The molecule has 0 aliphatic rings. The Kier molecular flexibility index (Phi) is 6.36. The van der Waals surface area contributed by atoms with Crippen molar-refractivity contribution in [1.29, 1.82) is 0 Å². The quantitative estimate of drug-likeness (QED) is 0.775. The van der Waals surface area contributed by atoms with E-state index in [1.807, 2.05) is 6.07 Å². The Bertz CT molecular complexity index is 281. The van der Waals surface area contributed by atoms with Crippen LogP contribution in [0.5, 0.6) is 0 Å². The molecular formula is C11H17BrN2O. The van der Waals surface area contributed by atoms with Gasteiger partial charge in [-0.25, -0.2) is 0 Å². The fourth-order valence-corrected chi connectivity index (χ4v) is 1.52. The van der Waals surface area contributed by atoms with Gasteiger partial charge < -0.3 is 10.1 Å². The molecule has 4 heteroatoms. The van der Waals surface area contributed by atoms with Crippen LogP contribution in [-0.2, 0) is 4.74 Å². The molecule has 0 aliphatic heterocycles. The van der Waals surface area contributed by atoms with Gasteiger partial charge in [0.25, 0.3) is 0 Å². The van der Waals surface area contributed by atoms with Crippen LogP contribution >= 0.6 is 15.9 Å². The van der Waals surface area contributed by atoms with E-state index in [1.165, 1.54) is 6.42 Å². The van der Waals surface area contributed by atoms with Crippen LogP contribution in [0.15, 0.2) is 22.9 Å². The molecule has 0 unspecified atom stereocenters. The van der Waals surface area contributed by atoms with Gasteiger partial charge in [0.1, 0.15) is 0 Å². The van der Waals surface area contributed by atoms with Crippen molar-refractivity contribution in [3.05, 3.63) is 22.9 Å². The van der Waals surface area contributed by atoms with E-state index < -0.39 is 0 Å². The van der Waals surface area contributed by atoms with Gasteiger partial charge in [0.05, 0.1) is 16.8 Å². The molecular weight excluding hydrogens is 256 g/mol. The molecule has 84 valence electrons. The summed E-state index contributed by atoms with van der Waals surface area (Å²) < 4.78 is 6.43. The van der Waals surface area contributed by atoms with Crippen molar-refractivity contribution >= 4 is 21.6 Å². The molecule has 0 amide bonds. The van der Waals surface area contributed by atoms with Gasteiger partial charge in [-0.3, -0.25) is 4.98 Å². The fourth-order valence-electron chi connectivity index (χ4n) is 1.12. The molecule has 0 saturated heterocycles. The molecule has 0 aromatic carbocycles. The van der Waals surface area contributed by atoms with Crippen LogP contribution in [0, 0.1) is 0 Å². The minimum absolute atomic E-state index is 0.745. The molecule has 0 aliphatic carbocycles. The standard InChI is InChI=1S/C11H17BrN2O/c1-2-3-7-15-8-6-14-11-4-5-13-9-10(11)12/h4-5,9H,2-3,6-8H2,1H3,(H,13,14). The summed E-state index contributed by atoms with van der Waals surface area (Å²) in [5.41, 5.74) is 1.06.